The maximum atomic E-state index is 12.9. The van der Waals surface area contributed by atoms with Gasteiger partial charge in [-0.25, -0.2) is 4.79 Å². The van der Waals surface area contributed by atoms with Gasteiger partial charge in [0.2, 0.25) is 11.7 Å². The number of ether oxygens (including phenoxy) is 4. The van der Waals surface area contributed by atoms with E-state index in [0.717, 1.165) is 25.3 Å². The van der Waals surface area contributed by atoms with Gasteiger partial charge in [-0.3, -0.25) is 34.1 Å². The molecule has 0 aliphatic rings. The fourth-order valence-corrected chi connectivity index (χ4v) is 4.48. The highest BCUT2D eigenvalue weighted by atomic mass is 16.6. The molecule has 0 aliphatic carbocycles. The van der Waals surface area contributed by atoms with Crippen LogP contribution in [0.2, 0.25) is 0 Å². The molecule has 296 valence electrons. The summed E-state index contributed by atoms with van der Waals surface area (Å²) in [5.74, 6) is -6.44. The quantitative estimate of drug-likeness (QED) is 0.0631. The van der Waals surface area contributed by atoms with Gasteiger partial charge in [0.25, 0.3) is 5.91 Å². The van der Waals surface area contributed by atoms with Gasteiger partial charge in [-0.1, -0.05) is 6.07 Å². The number of nitriles is 1. The SMILES string of the molecule is CCN(CC)C(=O)/C(C#N)=C/c1cc(OC(=O)CCC(=O)N[C@@H](Cc2ccc(OC(=O)C(C)(C)C)c(OC(=O)C(C)(C)C)c2)C(=O)OC)c(O)c([N+](=O)[O-])c1. The van der Waals surface area contributed by atoms with Crippen LogP contribution in [-0.4, -0.2) is 76.9 Å². The first-order valence-corrected chi connectivity index (χ1v) is 17.1. The molecule has 0 aromatic heterocycles. The van der Waals surface area contributed by atoms with Gasteiger partial charge in [-0.05, 0) is 90.8 Å². The molecule has 0 spiro atoms. The van der Waals surface area contributed by atoms with Crippen molar-refractivity contribution in [2.24, 2.45) is 10.8 Å². The van der Waals surface area contributed by atoms with Crippen molar-refractivity contribution in [2.75, 3.05) is 20.2 Å². The summed E-state index contributed by atoms with van der Waals surface area (Å²) in [6.07, 6.45) is -0.288. The predicted molar refractivity (Wildman–Crippen MR) is 195 cm³/mol. The van der Waals surface area contributed by atoms with Crippen LogP contribution in [0.4, 0.5) is 5.69 Å². The van der Waals surface area contributed by atoms with Crippen LogP contribution >= 0.6 is 0 Å². The van der Waals surface area contributed by atoms with Crippen LogP contribution < -0.4 is 19.5 Å². The lowest BCUT2D eigenvalue weighted by molar-refractivity contribution is -0.385. The lowest BCUT2D eigenvalue weighted by Crippen LogP contribution is -2.43. The lowest BCUT2D eigenvalue weighted by Gasteiger charge is -2.21. The minimum Gasteiger partial charge on any atom is -0.499 e. The van der Waals surface area contributed by atoms with Crippen molar-refractivity contribution in [3.8, 4) is 29.1 Å². The first kappa shape index (κ1) is 44.8. The van der Waals surface area contributed by atoms with Crippen molar-refractivity contribution < 1.29 is 57.7 Å². The van der Waals surface area contributed by atoms with Gasteiger partial charge in [0.1, 0.15) is 17.7 Å². The molecular weight excluding hydrogens is 720 g/mol. The van der Waals surface area contributed by atoms with E-state index in [9.17, 15) is 49.2 Å². The third kappa shape index (κ3) is 12.9. The zero-order chi connectivity index (χ0) is 41.8. The number of amides is 2. The molecular formula is C38H46N4O13. The number of aromatic hydroxyl groups is 1. The molecule has 2 N–H and O–H groups in total. The molecule has 17 nitrogen and oxygen atoms in total. The van der Waals surface area contributed by atoms with E-state index in [1.807, 2.05) is 0 Å². The number of nitro groups is 1. The molecule has 0 unspecified atom stereocenters. The number of esters is 4. The summed E-state index contributed by atoms with van der Waals surface area (Å²) in [6, 6.07) is 6.60. The van der Waals surface area contributed by atoms with E-state index in [0.29, 0.717) is 18.7 Å². The molecule has 0 saturated heterocycles. The van der Waals surface area contributed by atoms with Crippen LogP contribution in [0.25, 0.3) is 6.08 Å². The molecule has 2 aromatic rings. The number of methoxy groups -OCH3 is 1. The Bertz CT molecular complexity index is 1890. The van der Waals surface area contributed by atoms with E-state index in [1.165, 1.54) is 23.1 Å². The van der Waals surface area contributed by atoms with E-state index in [1.54, 1.807) is 61.5 Å². The minimum absolute atomic E-state index is 0.0463. The Balaban J connectivity index is 2.28. The highest BCUT2D eigenvalue weighted by molar-refractivity contribution is 6.02. The van der Waals surface area contributed by atoms with Crippen molar-refractivity contribution in [1.29, 1.82) is 5.26 Å². The standard InChI is InChI=1S/C38H46N4O13/c1-10-41(11-2)33(46)24(21-39)16-23-18-26(42(50)51)32(45)29(20-23)53-31(44)15-14-30(43)40-25(34(47)52-9)17-22-12-13-27(54-35(48)37(3,4)5)28(19-22)55-36(49)38(6,7)8/h12-13,16,18-20,25,45H,10-11,14-15,17H2,1-9H3,(H,40,43)/b24-16+/t25-/m0/s1. The van der Waals surface area contributed by atoms with Crippen molar-refractivity contribution >= 4 is 47.5 Å². The summed E-state index contributed by atoms with van der Waals surface area (Å²) in [4.78, 5) is 88.5. The van der Waals surface area contributed by atoms with Gasteiger partial charge in [0, 0.05) is 32.0 Å². The maximum absolute atomic E-state index is 12.9. The molecule has 1 atom stereocenters. The molecule has 0 saturated carbocycles. The summed E-state index contributed by atoms with van der Waals surface area (Å²) < 4.78 is 21.0. The topological polar surface area (TPSA) is 242 Å². The fourth-order valence-electron chi connectivity index (χ4n) is 4.48. The third-order valence-corrected chi connectivity index (χ3v) is 7.67. The number of rotatable bonds is 15. The second-order valence-corrected chi connectivity index (χ2v) is 14.2. The minimum atomic E-state index is -1.30. The van der Waals surface area contributed by atoms with E-state index in [2.05, 4.69) is 5.32 Å². The van der Waals surface area contributed by atoms with E-state index in [4.69, 9.17) is 18.9 Å². The van der Waals surface area contributed by atoms with Crippen molar-refractivity contribution in [3.05, 3.63) is 57.1 Å². The number of nitro benzene ring substituents is 1. The Morgan fingerprint density at radius 2 is 1.49 bits per heavy atom. The number of phenolic OH excluding ortho intramolecular Hbond substituents is 1. The molecule has 0 aliphatic heterocycles. The number of hydrogen-bond acceptors (Lipinski definition) is 14. The summed E-state index contributed by atoms with van der Waals surface area (Å²) in [5, 5.41) is 34.1. The predicted octanol–water partition coefficient (Wildman–Crippen LogP) is 4.56. The molecule has 0 heterocycles. The Morgan fingerprint density at radius 1 is 0.909 bits per heavy atom. The van der Waals surface area contributed by atoms with Crippen molar-refractivity contribution in [3.63, 3.8) is 0 Å². The number of likely N-dealkylation sites (N-methyl/N-ethyl adjacent to an activating group) is 1. The zero-order valence-electron chi connectivity index (χ0n) is 32.3. The monoisotopic (exact) mass is 766 g/mol. The number of hydrogen-bond donors (Lipinski definition) is 2. The third-order valence-electron chi connectivity index (χ3n) is 7.67. The van der Waals surface area contributed by atoms with Crippen LogP contribution in [0.3, 0.4) is 0 Å². The van der Waals surface area contributed by atoms with Crippen LogP contribution in [0, 0.1) is 32.3 Å². The van der Waals surface area contributed by atoms with Crippen molar-refractivity contribution in [2.45, 2.75) is 80.7 Å². The summed E-state index contributed by atoms with van der Waals surface area (Å²) in [7, 11) is 1.10. The number of nitrogens with one attached hydrogen (secondary N) is 1. The molecule has 2 aromatic carbocycles. The van der Waals surface area contributed by atoms with Gasteiger partial charge in [0.15, 0.2) is 17.2 Å². The summed E-state index contributed by atoms with van der Waals surface area (Å²) in [6.45, 7) is 13.8. The molecule has 55 heavy (non-hydrogen) atoms. The number of nitrogens with zero attached hydrogens (tertiary/aromatic N) is 3. The van der Waals surface area contributed by atoms with E-state index >= 15 is 0 Å². The van der Waals surface area contributed by atoms with Crippen LogP contribution in [0.5, 0.6) is 23.0 Å². The number of carbonyl (C=O) groups excluding carboxylic acids is 6. The van der Waals surface area contributed by atoms with Gasteiger partial charge in [0.05, 0.1) is 29.3 Å². The molecule has 2 amide bonds. The summed E-state index contributed by atoms with van der Waals surface area (Å²) >= 11 is 0. The highest BCUT2D eigenvalue weighted by Crippen LogP contribution is 2.38. The number of benzene rings is 2. The zero-order valence-corrected chi connectivity index (χ0v) is 32.3. The fraction of sp³-hybridized carbons (Fsp3) is 0.447. The smallest absolute Gasteiger partial charge is 0.328 e. The first-order chi connectivity index (χ1) is 25.5. The molecule has 17 heteroatoms. The van der Waals surface area contributed by atoms with E-state index < -0.39 is 87.5 Å². The van der Waals surface area contributed by atoms with Gasteiger partial charge < -0.3 is 34.3 Å². The Morgan fingerprint density at radius 3 is 2.00 bits per heavy atom. The summed E-state index contributed by atoms with van der Waals surface area (Å²) in [5.41, 5.74) is -2.78. The average molecular weight is 767 g/mol. The molecule has 0 radical (unpaired) electrons. The molecule has 0 bridgehead atoms. The Kier molecular flexibility index (Phi) is 15.6. The lowest BCUT2D eigenvalue weighted by atomic mass is 9.97. The molecule has 2 rings (SSSR count). The van der Waals surface area contributed by atoms with Crippen molar-refractivity contribution in [1.82, 2.24) is 10.2 Å². The van der Waals surface area contributed by atoms with E-state index in [-0.39, 0.29) is 29.1 Å². The average Bonchev–Trinajstić information content (AvgIpc) is 3.10. The van der Waals surface area contributed by atoms with Gasteiger partial charge >= 0.3 is 29.6 Å². The first-order valence-electron chi connectivity index (χ1n) is 17.1. The van der Waals surface area contributed by atoms with Gasteiger partial charge in [-0.2, -0.15) is 5.26 Å². The van der Waals surface area contributed by atoms with Crippen LogP contribution in [0.15, 0.2) is 35.9 Å². The highest BCUT2D eigenvalue weighted by Gasteiger charge is 2.30. The Hall–Kier alpha value is -6.31. The molecule has 0 fully saturated rings. The maximum Gasteiger partial charge on any atom is 0.328 e. The second kappa shape index (κ2) is 19.1. The van der Waals surface area contributed by atoms with Crippen LogP contribution in [-0.2, 0) is 39.9 Å². The van der Waals surface area contributed by atoms with Crippen LogP contribution in [0.1, 0.15) is 79.4 Å². The largest absolute Gasteiger partial charge is 0.499 e. The number of phenols is 1. The number of carbonyl (C=O) groups is 6. The second-order valence-electron chi connectivity index (χ2n) is 14.2. The normalized spacial score (nSPS) is 12.0. The van der Waals surface area contributed by atoms with Gasteiger partial charge in [-0.15, -0.1) is 0 Å². The Labute approximate surface area is 318 Å².